The third-order valence-electron chi connectivity index (χ3n) is 7.70. The number of hydrogen-bond donors (Lipinski definition) is 1. The van der Waals surface area contributed by atoms with Crippen LogP contribution in [0.25, 0.3) is 0 Å². The van der Waals surface area contributed by atoms with Crippen LogP contribution in [-0.4, -0.2) is 48.7 Å². The monoisotopic (exact) mass is 642 g/mol. The first-order valence-corrected chi connectivity index (χ1v) is 16.4. The number of nitro groups is 1. The number of carbonyl (C=O) groups is 2. The first-order chi connectivity index (χ1) is 22.0. The predicted molar refractivity (Wildman–Crippen MR) is 178 cm³/mol. The van der Waals surface area contributed by atoms with E-state index in [1.165, 1.54) is 41.3 Å². The van der Waals surface area contributed by atoms with Gasteiger partial charge in [0.15, 0.2) is 0 Å². The van der Waals surface area contributed by atoms with Crippen LogP contribution in [0.15, 0.2) is 114 Å². The normalized spacial score (nSPS) is 12.5. The van der Waals surface area contributed by atoms with Gasteiger partial charge < -0.3 is 10.2 Å². The Balaban J connectivity index is 1.81. The summed E-state index contributed by atoms with van der Waals surface area (Å²) in [6.07, 6.45) is 0.878. The molecule has 0 aliphatic carbocycles. The number of aryl methyl sites for hydroxylation is 1. The van der Waals surface area contributed by atoms with Gasteiger partial charge in [0.2, 0.25) is 11.8 Å². The Bertz CT molecular complexity index is 1730. The number of nitro benzene ring substituents is 1. The number of carbonyl (C=O) groups excluding carboxylic acids is 2. The second kappa shape index (κ2) is 15.3. The number of nitrogens with zero attached hydrogens (tertiary/aromatic N) is 3. The lowest BCUT2D eigenvalue weighted by molar-refractivity contribution is -0.384. The molecule has 2 atom stereocenters. The van der Waals surface area contributed by atoms with Gasteiger partial charge in [-0.1, -0.05) is 85.3 Å². The maximum Gasteiger partial charge on any atom is 0.269 e. The smallest absolute Gasteiger partial charge is 0.269 e. The summed E-state index contributed by atoms with van der Waals surface area (Å²) in [5, 5.41) is 14.3. The lowest BCUT2D eigenvalue weighted by Gasteiger charge is -2.34. The fourth-order valence-electron chi connectivity index (χ4n) is 4.87. The molecular formula is C35H38N4O6S. The van der Waals surface area contributed by atoms with Crippen LogP contribution in [0, 0.1) is 17.0 Å². The summed E-state index contributed by atoms with van der Waals surface area (Å²) in [5.74, 6) is -0.967. The minimum Gasteiger partial charge on any atom is -0.352 e. The molecule has 0 spiro atoms. The lowest BCUT2D eigenvalue weighted by Crippen LogP contribution is -2.54. The summed E-state index contributed by atoms with van der Waals surface area (Å²) in [6, 6.07) is 28.4. The Morgan fingerprint density at radius 1 is 0.848 bits per heavy atom. The van der Waals surface area contributed by atoms with E-state index < -0.39 is 33.4 Å². The van der Waals surface area contributed by atoms with Gasteiger partial charge in [0.1, 0.15) is 12.6 Å². The van der Waals surface area contributed by atoms with E-state index in [-0.39, 0.29) is 41.2 Å². The molecule has 0 bridgehead atoms. The Hall–Kier alpha value is -5.03. The highest BCUT2D eigenvalue weighted by atomic mass is 32.2. The Kier molecular flexibility index (Phi) is 11.3. The van der Waals surface area contributed by atoms with Crippen molar-refractivity contribution in [2.24, 2.45) is 0 Å². The summed E-state index contributed by atoms with van der Waals surface area (Å²) < 4.78 is 29.0. The zero-order valence-corrected chi connectivity index (χ0v) is 26.9. The molecular weight excluding hydrogens is 604 g/mol. The van der Waals surface area contributed by atoms with Crippen molar-refractivity contribution in [2.45, 2.75) is 57.1 Å². The summed E-state index contributed by atoms with van der Waals surface area (Å²) in [6.45, 7) is 5.17. The van der Waals surface area contributed by atoms with Crippen LogP contribution in [0.1, 0.15) is 37.0 Å². The number of non-ortho nitro benzene ring substituents is 1. The van der Waals surface area contributed by atoms with Gasteiger partial charge in [-0.05, 0) is 55.7 Å². The van der Waals surface area contributed by atoms with E-state index in [1.807, 2.05) is 75.4 Å². The first kappa shape index (κ1) is 33.9. The highest BCUT2D eigenvalue weighted by molar-refractivity contribution is 7.92. The molecule has 0 unspecified atom stereocenters. The van der Waals surface area contributed by atoms with Gasteiger partial charge in [0.25, 0.3) is 15.7 Å². The van der Waals surface area contributed by atoms with Crippen molar-refractivity contribution in [3.8, 4) is 0 Å². The van der Waals surface area contributed by atoms with Crippen LogP contribution >= 0.6 is 0 Å². The molecule has 0 fully saturated rings. The van der Waals surface area contributed by atoms with E-state index in [0.717, 1.165) is 21.0 Å². The average molecular weight is 643 g/mol. The van der Waals surface area contributed by atoms with Crippen LogP contribution in [0.5, 0.6) is 0 Å². The summed E-state index contributed by atoms with van der Waals surface area (Å²) in [5.41, 5.74) is 2.47. The Labute approximate surface area is 269 Å². The molecule has 0 aliphatic heterocycles. The van der Waals surface area contributed by atoms with Gasteiger partial charge in [-0.15, -0.1) is 0 Å². The first-order valence-electron chi connectivity index (χ1n) is 15.0. The van der Waals surface area contributed by atoms with Crippen LogP contribution < -0.4 is 9.62 Å². The van der Waals surface area contributed by atoms with E-state index >= 15 is 0 Å². The third-order valence-corrected chi connectivity index (χ3v) is 9.49. The zero-order valence-electron chi connectivity index (χ0n) is 26.1. The topological polar surface area (TPSA) is 130 Å². The molecule has 0 aliphatic rings. The van der Waals surface area contributed by atoms with Gasteiger partial charge in [0.05, 0.1) is 15.5 Å². The molecule has 10 nitrogen and oxygen atoms in total. The van der Waals surface area contributed by atoms with E-state index in [9.17, 15) is 28.1 Å². The number of benzene rings is 4. The van der Waals surface area contributed by atoms with E-state index in [1.54, 1.807) is 18.2 Å². The molecule has 4 aromatic rings. The second-order valence-electron chi connectivity index (χ2n) is 11.1. The highest BCUT2D eigenvalue weighted by Gasteiger charge is 2.35. The van der Waals surface area contributed by atoms with E-state index in [0.29, 0.717) is 6.42 Å². The SMILES string of the molecule is CC[C@@H](C)NC(=O)[C@@H](Cc1ccccc1)N(Cc1ccc(C)cc1)C(=O)CN(c1ccc([N+](=O)[O-])cc1)S(=O)(=O)c1ccccc1. The molecule has 240 valence electrons. The fraction of sp³-hybridized carbons (Fsp3) is 0.257. The average Bonchev–Trinajstić information content (AvgIpc) is 3.06. The molecule has 0 heterocycles. The number of anilines is 1. The highest BCUT2D eigenvalue weighted by Crippen LogP contribution is 2.27. The standard InChI is InChI=1S/C35H38N4O6S/c1-4-27(3)36-35(41)33(23-28-11-7-5-8-12-28)37(24-29-17-15-26(2)16-18-29)34(40)25-38(30-19-21-31(22-20-30)39(42)43)46(44,45)32-13-9-6-10-14-32/h5-22,27,33H,4,23-25H2,1-3H3,(H,36,41)/t27-,33-/m1/s1. The minimum absolute atomic E-state index is 0.0457. The van der Waals surface area contributed by atoms with Gasteiger partial charge in [0, 0.05) is 31.1 Å². The second-order valence-corrected chi connectivity index (χ2v) is 13.0. The Morgan fingerprint density at radius 2 is 1.43 bits per heavy atom. The number of sulfonamides is 1. The number of rotatable bonds is 14. The van der Waals surface area contributed by atoms with Crippen LogP contribution in [-0.2, 0) is 32.6 Å². The van der Waals surface area contributed by atoms with Gasteiger partial charge in [-0.25, -0.2) is 8.42 Å². The molecule has 11 heteroatoms. The predicted octanol–water partition coefficient (Wildman–Crippen LogP) is 5.65. The largest absolute Gasteiger partial charge is 0.352 e. The van der Waals surface area contributed by atoms with Crippen molar-refractivity contribution in [1.29, 1.82) is 0 Å². The number of amides is 2. The number of nitrogens with one attached hydrogen (secondary N) is 1. The van der Waals surface area contributed by atoms with E-state index in [2.05, 4.69) is 5.32 Å². The fourth-order valence-corrected chi connectivity index (χ4v) is 6.31. The van der Waals surface area contributed by atoms with Crippen LogP contribution in [0.2, 0.25) is 0 Å². The number of hydrogen-bond acceptors (Lipinski definition) is 6. The van der Waals surface area contributed by atoms with Crippen LogP contribution in [0.3, 0.4) is 0 Å². The summed E-state index contributed by atoms with van der Waals surface area (Å²) >= 11 is 0. The lowest BCUT2D eigenvalue weighted by atomic mass is 10.0. The molecule has 2 amide bonds. The molecule has 4 rings (SSSR count). The van der Waals surface area contributed by atoms with Crippen molar-refractivity contribution in [3.63, 3.8) is 0 Å². The van der Waals surface area contributed by atoms with Crippen LogP contribution in [0.4, 0.5) is 11.4 Å². The summed E-state index contributed by atoms with van der Waals surface area (Å²) in [4.78, 5) is 40.5. The van der Waals surface area contributed by atoms with Crippen molar-refractivity contribution < 1.29 is 22.9 Å². The van der Waals surface area contributed by atoms with Crippen molar-refractivity contribution in [3.05, 3.63) is 136 Å². The van der Waals surface area contributed by atoms with Crippen molar-refractivity contribution in [1.82, 2.24) is 10.2 Å². The third kappa shape index (κ3) is 8.57. The minimum atomic E-state index is -4.31. The Morgan fingerprint density at radius 3 is 2.00 bits per heavy atom. The molecule has 0 aromatic heterocycles. The molecule has 0 saturated heterocycles. The van der Waals surface area contributed by atoms with Crippen molar-refractivity contribution in [2.75, 3.05) is 10.8 Å². The summed E-state index contributed by atoms with van der Waals surface area (Å²) in [7, 11) is -4.31. The van der Waals surface area contributed by atoms with Gasteiger partial charge in [-0.3, -0.25) is 24.0 Å². The van der Waals surface area contributed by atoms with Crippen molar-refractivity contribution >= 4 is 33.2 Å². The molecule has 46 heavy (non-hydrogen) atoms. The molecule has 0 saturated carbocycles. The quantitative estimate of drug-likeness (QED) is 0.140. The maximum absolute atomic E-state index is 14.5. The van der Waals surface area contributed by atoms with E-state index in [4.69, 9.17) is 0 Å². The molecule has 1 N–H and O–H groups in total. The van der Waals surface area contributed by atoms with Gasteiger partial charge >= 0.3 is 0 Å². The maximum atomic E-state index is 14.5. The molecule has 0 radical (unpaired) electrons. The van der Waals surface area contributed by atoms with Gasteiger partial charge in [-0.2, -0.15) is 0 Å². The molecule has 4 aromatic carbocycles. The zero-order chi connectivity index (χ0) is 33.3.